The Hall–Kier alpha value is -1.22. The van der Waals surface area contributed by atoms with Gasteiger partial charge in [0.1, 0.15) is 5.75 Å². The largest absolute Gasteiger partial charge is 0.508 e. The fourth-order valence-corrected chi connectivity index (χ4v) is 0.810. The topological polar surface area (TPSA) is 52.8 Å². The van der Waals surface area contributed by atoms with Crippen molar-refractivity contribution < 1.29 is 10.3 Å². The molecule has 0 aliphatic rings. The minimum atomic E-state index is -0.0408. The Morgan fingerprint density at radius 3 is 2.73 bits per heavy atom. The Labute approximate surface area is 68.5 Å². The summed E-state index contributed by atoms with van der Waals surface area (Å²) in [5, 5.41) is 19.9. The van der Waals surface area contributed by atoms with Crippen LogP contribution in [0.3, 0.4) is 0 Å². The predicted octanol–water partition coefficient (Wildman–Crippen LogP) is 1.77. The van der Waals surface area contributed by atoms with Crippen LogP contribution in [0.4, 0.5) is 0 Å². The van der Waals surface area contributed by atoms with Gasteiger partial charge >= 0.3 is 0 Å². The van der Waals surface area contributed by atoms with Crippen molar-refractivity contribution >= 4 is 16.8 Å². The van der Waals surface area contributed by atoms with Gasteiger partial charge in [0.2, 0.25) is 0 Å². The highest BCUT2D eigenvalue weighted by atomic mass is 35.5. The third-order valence-electron chi connectivity index (χ3n) is 1.17. The lowest BCUT2D eigenvalue weighted by atomic mass is 10.2. The Morgan fingerprint density at radius 2 is 2.18 bits per heavy atom. The van der Waals surface area contributed by atoms with E-state index in [1.807, 2.05) is 0 Å². The van der Waals surface area contributed by atoms with E-state index in [9.17, 15) is 0 Å². The van der Waals surface area contributed by atoms with Crippen molar-refractivity contribution in [3.05, 3.63) is 29.8 Å². The van der Waals surface area contributed by atoms with Crippen LogP contribution in [-0.4, -0.2) is 15.5 Å². The molecule has 0 unspecified atom stereocenters. The second-order valence-electron chi connectivity index (χ2n) is 1.94. The third-order valence-corrected chi connectivity index (χ3v) is 1.47. The van der Waals surface area contributed by atoms with Crippen molar-refractivity contribution in [2.45, 2.75) is 0 Å². The molecule has 0 aliphatic carbocycles. The first-order valence-electron chi connectivity index (χ1n) is 2.91. The van der Waals surface area contributed by atoms with Crippen molar-refractivity contribution in [1.82, 2.24) is 0 Å². The van der Waals surface area contributed by atoms with Crippen molar-refractivity contribution in [1.29, 1.82) is 0 Å². The van der Waals surface area contributed by atoms with Crippen LogP contribution in [0.1, 0.15) is 5.56 Å². The van der Waals surface area contributed by atoms with Gasteiger partial charge < -0.3 is 10.3 Å². The molecule has 4 heteroatoms. The van der Waals surface area contributed by atoms with E-state index in [2.05, 4.69) is 5.16 Å². The van der Waals surface area contributed by atoms with Crippen LogP contribution in [0.2, 0.25) is 0 Å². The number of hydrogen-bond donors (Lipinski definition) is 2. The Balaban J connectivity index is 3.06. The first-order valence-corrected chi connectivity index (χ1v) is 3.29. The summed E-state index contributed by atoms with van der Waals surface area (Å²) >= 11 is 5.45. The Morgan fingerprint density at radius 1 is 1.45 bits per heavy atom. The van der Waals surface area contributed by atoms with E-state index in [0.717, 1.165) is 0 Å². The molecule has 0 saturated heterocycles. The number of benzene rings is 1. The van der Waals surface area contributed by atoms with Gasteiger partial charge in [0, 0.05) is 5.56 Å². The van der Waals surface area contributed by atoms with E-state index in [0.29, 0.717) is 5.56 Å². The number of aromatic hydroxyl groups is 1. The maximum Gasteiger partial charge on any atom is 0.175 e. The first-order chi connectivity index (χ1) is 5.24. The molecule has 0 atom stereocenters. The molecule has 0 spiro atoms. The second kappa shape index (κ2) is 3.25. The molecule has 0 radical (unpaired) electrons. The molecule has 58 valence electrons. The normalized spacial score (nSPS) is 11.5. The molecule has 0 saturated carbocycles. The maximum absolute atomic E-state index is 8.96. The average Bonchev–Trinajstić information content (AvgIpc) is 2.03. The molecule has 11 heavy (non-hydrogen) atoms. The van der Waals surface area contributed by atoms with Crippen LogP contribution in [0.15, 0.2) is 29.4 Å². The molecule has 1 aromatic rings. The van der Waals surface area contributed by atoms with Crippen LogP contribution in [-0.2, 0) is 0 Å². The van der Waals surface area contributed by atoms with Crippen LogP contribution in [0.25, 0.3) is 0 Å². The smallest absolute Gasteiger partial charge is 0.175 e. The summed E-state index contributed by atoms with van der Waals surface area (Å²) in [7, 11) is 0. The van der Waals surface area contributed by atoms with Gasteiger partial charge in [-0.3, -0.25) is 0 Å². The number of nitrogens with zero attached hydrogens (tertiary/aromatic N) is 1. The van der Waals surface area contributed by atoms with Gasteiger partial charge in [-0.05, 0) is 12.1 Å². The summed E-state index contributed by atoms with van der Waals surface area (Å²) in [6.45, 7) is 0. The van der Waals surface area contributed by atoms with E-state index in [4.69, 9.17) is 21.9 Å². The molecule has 0 aliphatic heterocycles. The van der Waals surface area contributed by atoms with Gasteiger partial charge in [-0.1, -0.05) is 28.9 Å². The lowest BCUT2D eigenvalue weighted by Gasteiger charge is -1.95. The van der Waals surface area contributed by atoms with Gasteiger partial charge in [0.15, 0.2) is 5.17 Å². The van der Waals surface area contributed by atoms with E-state index >= 15 is 0 Å². The van der Waals surface area contributed by atoms with Gasteiger partial charge in [0.25, 0.3) is 0 Å². The minimum Gasteiger partial charge on any atom is -0.508 e. The molecule has 1 rings (SSSR count). The lowest BCUT2D eigenvalue weighted by Crippen LogP contribution is -1.89. The zero-order chi connectivity index (χ0) is 8.27. The molecule has 3 nitrogen and oxygen atoms in total. The van der Waals surface area contributed by atoms with Crippen LogP contribution in [0.5, 0.6) is 5.75 Å². The summed E-state index contributed by atoms with van der Waals surface area (Å²) in [4.78, 5) is 0. The summed E-state index contributed by atoms with van der Waals surface area (Å²) < 4.78 is 0. The summed E-state index contributed by atoms with van der Waals surface area (Å²) in [5.41, 5.74) is 0.481. The highest BCUT2D eigenvalue weighted by molar-refractivity contribution is 6.69. The highest BCUT2D eigenvalue weighted by Crippen LogP contribution is 2.12. The molecule has 0 fully saturated rings. The fraction of sp³-hybridized carbons (Fsp3) is 0. The van der Waals surface area contributed by atoms with E-state index in [1.54, 1.807) is 12.1 Å². The van der Waals surface area contributed by atoms with E-state index in [-0.39, 0.29) is 10.9 Å². The number of oxime groups is 1. The van der Waals surface area contributed by atoms with Crippen LogP contribution in [0, 0.1) is 0 Å². The van der Waals surface area contributed by atoms with E-state index in [1.165, 1.54) is 12.1 Å². The Bertz CT molecular complexity index is 286. The summed E-state index contributed by atoms with van der Waals surface area (Å²) in [5.74, 6) is 0.0873. The molecule has 2 N–H and O–H groups in total. The number of rotatable bonds is 1. The van der Waals surface area contributed by atoms with Crippen molar-refractivity contribution in [3.63, 3.8) is 0 Å². The minimum absolute atomic E-state index is 0.0408. The zero-order valence-electron chi connectivity index (χ0n) is 5.53. The van der Waals surface area contributed by atoms with Crippen molar-refractivity contribution in [3.8, 4) is 5.75 Å². The molecule has 0 bridgehead atoms. The van der Waals surface area contributed by atoms with Gasteiger partial charge in [-0.25, -0.2) is 0 Å². The first kappa shape index (κ1) is 7.88. The highest BCUT2D eigenvalue weighted by Gasteiger charge is 1.99. The van der Waals surface area contributed by atoms with Gasteiger partial charge in [-0.2, -0.15) is 0 Å². The molecular weight excluding hydrogens is 166 g/mol. The summed E-state index contributed by atoms with van der Waals surface area (Å²) in [6.07, 6.45) is 0. The quantitative estimate of drug-likeness (QED) is 0.384. The number of hydrogen-bond acceptors (Lipinski definition) is 3. The molecule has 0 heterocycles. The second-order valence-corrected chi connectivity index (χ2v) is 2.30. The number of phenols is 1. The van der Waals surface area contributed by atoms with Crippen molar-refractivity contribution in [2.75, 3.05) is 0 Å². The molecule has 0 amide bonds. The number of phenolic OH excluding ortho intramolecular Hbond substituents is 1. The predicted molar refractivity (Wildman–Crippen MR) is 42.3 cm³/mol. The standard InChI is InChI=1S/C7H6ClNO2/c8-7(9-11)5-2-1-3-6(10)4-5/h1-4,10-11H/b9-7-. The van der Waals surface area contributed by atoms with Crippen LogP contribution < -0.4 is 0 Å². The fourth-order valence-electron chi connectivity index (χ4n) is 0.692. The zero-order valence-corrected chi connectivity index (χ0v) is 6.28. The molecular formula is C7H6ClNO2. The van der Waals surface area contributed by atoms with Gasteiger partial charge in [0.05, 0.1) is 0 Å². The van der Waals surface area contributed by atoms with Crippen molar-refractivity contribution in [2.24, 2.45) is 5.16 Å². The third kappa shape index (κ3) is 1.85. The van der Waals surface area contributed by atoms with Gasteiger partial charge in [-0.15, -0.1) is 0 Å². The molecule has 0 aromatic heterocycles. The van der Waals surface area contributed by atoms with Crippen LogP contribution >= 0.6 is 11.6 Å². The number of halogens is 1. The summed E-state index contributed by atoms with van der Waals surface area (Å²) in [6, 6.07) is 6.15. The monoisotopic (exact) mass is 171 g/mol. The SMILES string of the molecule is O/N=C(\Cl)c1cccc(O)c1. The van der Waals surface area contributed by atoms with E-state index < -0.39 is 0 Å². The maximum atomic E-state index is 8.96. The average molecular weight is 172 g/mol. The molecule has 1 aromatic carbocycles. The lowest BCUT2D eigenvalue weighted by molar-refractivity contribution is 0.321. The Kier molecular flexibility index (Phi) is 2.33.